The largest absolute Gasteiger partial charge is 0.423 e. The predicted octanol–water partition coefficient (Wildman–Crippen LogP) is 4.26. The minimum atomic E-state index is -0.913. The molecule has 0 fully saturated rings. The van der Waals surface area contributed by atoms with Crippen molar-refractivity contribution in [3.05, 3.63) is 94.0 Å². The zero-order chi connectivity index (χ0) is 23.1. The lowest BCUT2D eigenvalue weighted by Gasteiger charge is -2.06. The van der Waals surface area contributed by atoms with E-state index in [2.05, 4.69) is 15.8 Å². The van der Waals surface area contributed by atoms with Crippen LogP contribution in [-0.2, 0) is 9.59 Å². The van der Waals surface area contributed by atoms with Gasteiger partial charge in [0.25, 0.3) is 0 Å². The summed E-state index contributed by atoms with van der Waals surface area (Å²) in [6, 6.07) is 18.4. The number of esters is 1. The van der Waals surface area contributed by atoms with Crippen LogP contribution < -0.4 is 15.5 Å². The fourth-order valence-electron chi connectivity index (χ4n) is 2.89. The number of hydrazone groups is 1. The molecule has 0 aromatic heterocycles. The van der Waals surface area contributed by atoms with Crippen LogP contribution in [0.2, 0.25) is 5.02 Å². The van der Waals surface area contributed by atoms with Gasteiger partial charge in [0.2, 0.25) is 0 Å². The van der Waals surface area contributed by atoms with Crippen LogP contribution in [0.1, 0.15) is 27.0 Å². The molecule has 0 radical (unpaired) electrons. The third-order valence-corrected chi connectivity index (χ3v) is 4.43. The summed E-state index contributed by atoms with van der Waals surface area (Å²) in [7, 11) is 0. The van der Waals surface area contributed by atoms with Crippen molar-refractivity contribution in [1.82, 2.24) is 5.43 Å². The third kappa shape index (κ3) is 6.52. The molecule has 2 amide bonds. The van der Waals surface area contributed by atoms with Crippen LogP contribution in [0.15, 0.2) is 71.8 Å². The third-order valence-electron chi connectivity index (χ3n) is 4.19. The van der Waals surface area contributed by atoms with Gasteiger partial charge in [0, 0.05) is 10.7 Å². The summed E-state index contributed by atoms with van der Waals surface area (Å²) < 4.78 is 5.34. The molecule has 7 nitrogen and oxygen atoms in total. The van der Waals surface area contributed by atoms with Crippen molar-refractivity contribution in [3.8, 4) is 5.75 Å². The smallest absolute Gasteiger partial charge is 0.343 e. The minimum Gasteiger partial charge on any atom is -0.423 e. The van der Waals surface area contributed by atoms with E-state index < -0.39 is 17.8 Å². The molecule has 0 heterocycles. The lowest BCUT2D eigenvalue weighted by molar-refractivity contribution is -0.136. The quantitative estimate of drug-likeness (QED) is 0.200. The first-order valence-electron chi connectivity index (χ1n) is 9.60. The highest BCUT2D eigenvalue weighted by Crippen LogP contribution is 2.17. The molecule has 0 atom stereocenters. The van der Waals surface area contributed by atoms with Gasteiger partial charge in [0.1, 0.15) is 5.75 Å². The number of amides is 2. The van der Waals surface area contributed by atoms with Gasteiger partial charge >= 0.3 is 17.8 Å². The molecule has 2 N–H and O–H groups in total. The molecule has 0 aliphatic heterocycles. The fourth-order valence-corrected chi connectivity index (χ4v) is 3.08. The second kappa shape index (κ2) is 10.4. The number of carbonyl (C=O) groups excluding carboxylic acids is 3. The highest BCUT2D eigenvalue weighted by atomic mass is 35.5. The number of nitrogens with zero attached hydrogens (tertiary/aromatic N) is 1. The molecule has 162 valence electrons. The molecule has 0 saturated carbocycles. The Balaban J connectivity index is 1.57. The van der Waals surface area contributed by atoms with Gasteiger partial charge in [-0.25, -0.2) is 10.2 Å². The Morgan fingerprint density at radius 3 is 2.34 bits per heavy atom. The van der Waals surface area contributed by atoms with Gasteiger partial charge in [0.15, 0.2) is 0 Å². The van der Waals surface area contributed by atoms with Gasteiger partial charge in [-0.2, -0.15) is 5.10 Å². The summed E-state index contributed by atoms with van der Waals surface area (Å²) in [4.78, 5) is 36.3. The topological polar surface area (TPSA) is 96.9 Å². The molecule has 3 aromatic rings. The molecule has 0 unspecified atom stereocenters. The van der Waals surface area contributed by atoms with Gasteiger partial charge in [-0.15, -0.1) is 0 Å². The Morgan fingerprint density at radius 2 is 1.62 bits per heavy atom. The van der Waals surface area contributed by atoms with Crippen molar-refractivity contribution in [2.75, 3.05) is 5.32 Å². The van der Waals surface area contributed by atoms with Gasteiger partial charge in [-0.05, 0) is 73.0 Å². The van der Waals surface area contributed by atoms with Crippen LogP contribution in [-0.4, -0.2) is 24.0 Å². The Morgan fingerprint density at radius 1 is 0.906 bits per heavy atom. The van der Waals surface area contributed by atoms with E-state index in [0.717, 1.165) is 11.1 Å². The number of aryl methyl sites for hydroxylation is 2. The van der Waals surface area contributed by atoms with Crippen LogP contribution in [0.4, 0.5) is 5.69 Å². The Hall–Kier alpha value is -3.97. The highest BCUT2D eigenvalue weighted by Gasteiger charge is 2.13. The van der Waals surface area contributed by atoms with Gasteiger partial charge in [-0.3, -0.25) is 9.59 Å². The number of anilines is 1. The molecule has 0 saturated heterocycles. The van der Waals surface area contributed by atoms with E-state index in [1.54, 1.807) is 54.6 Å². The van der Waals surface area contributed by atoms with Crippen molar-refractivity contribution in [3.63, 3.8) is 0 Å². The molecule has 0 aliphatic carbocycles. The number of halogens is 1. The van der Waals surface area contributed by atoms with E-state index >= 15 is 0 Å². The number of hydrogen-bond donors (Lipinski definition) is 2. The predicted molar refractivity (Wildman–Crippen MR) is 123 cm³/mol. The average Bonchev–Trinajstić information content (AvgIpc) is 2.73. The Bertz CT molecular complexity index is 1190. The number of benzene rings is 3. The van der Waals surface area contributed by atoms with Crippen molar-refractivity contribution in [1.29, 1.82) is 0 Å². The molecule has 0 bridgehead atoms. The molecule has 8 heteroatoms. The monoisotopic (exact) mass is 449 g/mol. The van der Waals surface area contributed by atoms with Crippen LogP contribution >= 0.6 is 11.6 Å². The summed E-state index contributed by atoms with van der Waals surface area (Å²) in [6.45, 7) is 3.79. The summed E-state index contributed by atoms with van der Waals surface area (Å²) in [6.07, 6.45) is 1.33. The molecule has 3 aromatic carbocycles. The van der Waals surface area contributed by atoms with Gasteiger partial charge in [-0.1, -0.05) is 35.9 Å². The first-order valence-corrected chi connectivity index (χ1v) is 9.98. The Labute approximate surface area is 190 Å². The molecular formula is C24H20ClN3O4. The Kier molecular flexibility index (Phi) is 7.36. The number of hydrogen-bond acceptors (Lipinski definition) is 5. The second-order valence-electron chi connectivity index (χ2n) is 7.00. The second-order valence-corrected chi connectivity index (χ2v) is 7.44. The first kappa shape index (κ1) is 22.7. The standard InChI is InChI=1S/C24H20ClN3O4/c1-15-9-16(2)11-20(10-15)27-22(29)23(30)28-26-14-17-5-3-8-21(12-17)32-24(31)18-6-4-7-19(25)13-18/h3-14H,1-2H3,(H,27,29)(H,28,30)/b26-14+. The number of rotatable bonds is 5. The van der Waals surface area contributed by atoms with Crippen LogP contribution in [0.3, 0.4) is 0 Å². The summed E-state index contributed by atoms with van der Waals surface area (Å²) in [5, 5.41) is 6.74. The van der Waals surface area contributed by atoms with E-state index in [0.29, 0.717) is 21.8 Å². The zero-order valence-electron chi connectivity index (χ0n) is 17.4. The average molecular weight is 450 g/mol. The summed E-state index contributed by atoms with van der Waals surface area (Å²) in [5.41, 5.74) is 5.50. The van der Waals surface area contributed by atoms with Gasteiger partial charge in [0.05, 0.1) is 11.8 Å². The number of carbonyl (C=O) groups is 3. The lowest BCUT2D eigenvalue weighted by Crippen LogP contribution is -2.32. The minimum absolute atomic E-state index is 0.290. The van der Waals surface area contributed by atoms with Crippen molar-refractivity contribution in [2.45, 2.75) is 13.8 Å². The van der Waals surface area contributed by atoms with Crippen molar-refractivity contribution >= 4 is 41.3 Å². The number of nitrogens with one attached hydrogen (secondary N) is 2. The summed E-state index contributed by atoms with van der Waals surface area (Å²) in [5.74, 6) is -2.02. The SMILES string of the molecule is Cc1cc(C)cc(NC(=O)C(=O)N/N=C/c2cccc(OC(=O)c3cccc(Cl)c3)c2)c1. The maximum absolute atomic E-state index is 12.2. The normalized spacial score (nSPS) is 10.6. The van der Waals surface area contributed by atoms with E-state index in [-0.39, 0.29) is 5.75 Å². The maximum atomic E-state index is 12.2. The lowest BCUT2D eigenvalue weighted by atomic mass is 10.1. The van der Waals surface area contributed by atoms with Crippen molar-refractivity contribution in [2.24, 2.45) is 5.10 Å². The first-order chi connectivity index (χ1) is 15.3. The van der Waals surface area contributed by atoms with Crippen LogP contribution in [0, 0.1) is 13.8 Å². The molecule has 0 spiro atoms. The molecule has 32 heavy (non-hydrogen) atoms. The van der Waals surface area contributed by atoms with Crippen molar-refractivity contribution < 1.29 is 19.1 Å². The van der Waals surface area contributed by atoms with E-state index in [1.165, 1.54) is 12.3 Å². The van der Waals surface area contributed by atoms with Crippen LogP contribution in [0.5, 0.6) is 5.75 Å². The summed E-state index contributed by atoms with van der Waals surface area (Å²) >= 11 is 5.89. The highest BCUT2D eigenvalue weighted by molar-refractivity contribution is 6.39. The van der Waals surface area contributed by atoms with E-state index in [4.69, 9.17) is 16.3 Å². The fraction of sp³-hybridized carbons (Fsp3) is 0.0833. The van der Waals surface area contributed by atoms with E-state index in [1.807, 2.05) is 19.9 Å². The zero-order valence-corrected chi connectivity index (χ0v) is 18.1. The van der Waals surface area contributed by atoms with E-state index in [9.17, 15) is 14.4 Å². The number of ether oxygens (including phenoxy) is 1. The van der Waals surface area contributed by atoms with Crippen LogP contribution in [0.25, 0.3) is 0 Å². The molecule has 3 rings (SSSR count). The van der Waals surface area contributed by atoms with Gasteiger partial charge < -0.3 is 10.1 Å². The molecular weight excluding hydrogens is 430 g/mol. The molecule has 0 aliphatic rings. The maximum Gasteiger partial charge on any atom is 0.343 e.